The molecule has 2 heterocycles. The van der Waals surface area contributed by atoms with Crippen LogP contribution < -0.4 is 10.6 Å². The van der Waals surface area contributed by atoms with Gasteiger partial charge in [0.1, 0.15) is 0 Å². The van der Waals surface area contributed by atoms with Gasteiger partial charge in [0.15, 0.2) is 0 Å². The smallest absolute Gasteiger partial charge is 0.0208 e. The zero-order chi connectivity index (χ0) is 16.9. The van der Waals surface area contributed by atoms with E-state index in [1.54, 1.807) is 0 Å². The van der Waals surface area contributed by atoms with Crippen LogP contribution in [0.5, 0.6) is 0 Å². The zero-order valence-corrected chi connectivity index (χ0v) is 15.6. The maximum Gasteiger partial charge on any atom is 0.0208 e. The van der Waals surface area contributed by atoms with E-state index in [0.29, 0.717) is 12.1 Å². The van der Waals surface area contributed by atoms with E-state index >= 15 is 0 Å². The van der Waals surface area contributed by atoms with E-state index in [1.165, 1.54) is 36.8 Å². The summed E-state index contributed by atoms with van der Waals surface area (Å²) in [4.78, 5) is 0. The molecular weight excluding hydrogens is 324 g/mol. The molecule has 0 aliphatic carbocycles. The lowest BCUT2D eigenvalue weighted by Crippen LogP contribution is -2.51. The van der Waals surface area contributed by atoms with E-state index in [2.05, 4.69) is 83.1 Å². The number of rotatable bonds is 6. The van der Waals surface area contributed by atoms with E-state index in [9.17, 15) is 0 Å². The van der Waals surface area contributed by atoms with Crippen molar-refractivity contribution in [2.24, 2.45) is 0 Å². The highest BCUT2D eigenvalue weighted by molar-refractivity contribution is 8.00. The molecule has 0 saturated carbocycles. The highest BCUT2D eigenvalue weighted by Crippen LogP contribution is 2.41. The van der Waals surface area contributed by atoms with Gasteiger partial charge in [-0.15, -0.1) is 0 Å². The Morgan fingerprint density at radius 1 is 0.640 bits per heavy atom. The van der Waals surface area contributed by atoms with Crippen LogP contribution in [-0.2, 0) is 13.1 Å². The normalized spacial score (nSPS) is 28.6. The minimum Gasteiger partial charge on any atom is -0.309 e. The minimum atomic E-state index is 0.677. The van der Waals surface area contributed by atoms with E-state index < -0.39 is 0 Å². The fourth-order valence-corrected chi connectivity index (χ4v) is 6.01. The molecule has 4 rings (SSSR count). The lowest BCUT2D eigenvalue weighted by molar-refractivity contribution is 0.330. The largest absolute Gasteiger partial charge is 0.309 e. The summed E-state index contributed by atoms with van der Waals surface area (Å²) in [6, 6.07) is 22.9. The van der Waals surface area contributed by atoms with Gasteiger partial charge in [0.25, 0.3) is 0 Å². The first-order valence-corrected chi connectivity index (χ1v) is 10.5. The molecule has 2 bridgehead atoms. The van der Waals surface area contributed by atoms with Crippen molar-refractivity contribution in [1.82, 2.24) is 10.6 Å². The fourth-order valence-electron chi connectivity index (χ4n) is 4.17. The van der Waals surface area contributed by atoms with Crippen LogP contribution in [0.25, 0.3) is 0 Å². The van der Waals surface area contributed by atoms with Crippen molar-refractivity contribution in [3.63, 3.8) is 0 Å². The quantitative estimate of drug-likeness (QED) is 0.808. The average Bonchev–Trinajstić information content (AvgIpc) is 2.68. The molecule has 2 aliphatic heterocycles. The molecular formula is C22H28N2S. The molecule has 0 aromatic heterocycles. The Labute approximate surface area is 155 Å². The number of fused-ring (bicyclic) bond motifs is 2. The fraction of sp³-hybridized carbons (Fsp3) is 0.455. The van der Waals surface area contributed by atoms with Gasteiger partial charge in [0, 0.05) is 35.7 Å². The van der Waals surface area contributed by atoms with Gasteiger partial charge in [-0.2, -0.15) is 11.8 Å². The van der Waals surface area contributed by atoms with Crippen molar-refractivity contribution in [2.45, 2.75) is 61.4 Å². The summed E-state index contributed by atoms with van der Waals surface area (Å²) < 4.78 is 0. The molecule has 0 amide bonds. The van der Waals surface area contributed by atoms with Gasteiger partial charge in [-0.1, -0.05) is 60.7 Å². The molecule has 132 valence electrons. The summed E-state index contributed by atoms with van der Waals surface area (Å²) in [5.41, 5.74) is 2.79. The first-order valence-electron chi connectivity index (χ1n) is 9.58. The maximum atomic E-state index is 3.82. The molecule has 2 fully saturated rings. The van der Waals surface area contributed by atoms with Crippen LogP contribution in [0.4, 0.5) is 0 Å². The predicted molar refractivity (Wildman–Crippen MR) is 108 cm³/mol. The SMILES string of the molecule is c1ccc(CN[C@@H]2CC[C@H]3S[C@@H]2CC[C@H]3NCc2ccccc2)cc1. The van der Waals surface area contributed by atoms with Gasteiger partial charge in [0.05, 0.1) is 0 Å². The van der Waals surface area contributed by atoms with Crippen LogP contribution in [0.1, 0.15) is 36.8 Å². The minimum absolute atomic E-state index is 0.677. The summed E-state index contributed by atoms with van der Waals surface area (Å²) in [5.74, 6) is 0. The van der Waals surface area contributed by atoms with Crippen molar-refractivity contribution < 1.29 is 0 Å². The van der Waals surface area contributed by atoms with Crippen molar-refractivity contribution in [1.29, 1.82) is 0 Å². The number of hydrogen-bond donors (Lipinski definition) is 2. The third-order valence-electron chi connectivity index (χ3n) is 5.59. The molecule has 25 heavy (non-hydrogen) atoms. The van der Waals surface area contributed by atoms with Gasteiger partial charge in [-0.05, 0) is 36.8 Å². The topological polar surface area (TPSA) is 24.1 Å². The Hall–Kier alpha value is -1.29. The van der Waals surface area contributed by atoms with Crippen LogP contribution in [0.3, 0.4) is 0 Å². The van der Waals surface area contributed by atoms with Crippen LogP contribution in [0, 0.1) is 0 Å². The molecule has 4 atom stereocenters. The monoisotopic (exact) mass is 352 g/mol. The highest BCUT2D eigenvalue weighted by atomic mass is 32.2. The van der Waals surface area contributed by atoms with E-state index in [4.69, 9.17) is 0 Å². The Bertz CT molecular complexity index is 588. The van der Waals surface area contributed by atoms with Crippen molar-refractivity contribution in [2.75, 3.05) is 0 Å². The Morgan fingerprint density at radius 2 is 1.08 bits per heavy atom. The first kappa shape index (κ1) is 17.1. The number of thioether (sulfide) groups is 1. The third kappa shape index (κ3) is 4.46. The molecule has 2 aromatic rings. The van der Waals surface area contributed by atoms with Crippen LogP contribution in [0.2, 0.25) is 0 Å². The first-order chi connectivity index (χ1) is 12.4. The molecule has 2 saturated heterocycles. The molecule has 0 unspecified atom stereocenters. The Morgan fingerprint density at radius 3 is 1.52 bits per heavy atom. The molecule has 0 radical (unpaired) electrons. The second kappa shape index (κ2) is 8.39. The van der Waals surface area contributed by atoms with E-state index in [0.717, 1.165) is 23.6 Å². The molecule has 2 aromatic carbocycles. The standard InChI is InChI=1S/C22H28N2S/c1-3-7-17(8-4-1)15-23-19-11-13-22-20(12-14-21(19)25-22)24-16-18-9-5-2-6-10-18/h1-10,19-24H,11-16H2/t19-,20-,21-,22-/m1/s1. The lowest BCUT2D eigenvalue weighted by atomic mass is 9.91. The Kier molecular flexibility index (Phi) is 5.75. The molecule has 0 spiro atoms. The maximum absolute atomic E-state index is 3.82. The number of nitrogens with one attached hydrogen (secondary N) is 2. The van der Waals surface area contributed by atoms with Crippen LogP contribution >= 0.6 is 11.8 Å². The van der Waals surface area contributed by atoms with Crippen molar-refractivity contribution in [3.05, 3.63) is 71.8 Å². The average molecular weight is 353 g/mol. The molecule has 2 N–H and O–H groups in total. The van der Waals surface area contributed by atoms with Gasteiger partial charge in [0.2, 0.25) is 0 Å². The van der Waals surface area contributed by atoms with Gasteiger partial charge in [-0.3, -0.25) is 0 Å². The van der Waals surface area contributed by atoms with Gasteiger partial charge < -0.3 is 10.6 Å². The van der Waals surface area contributed by atoms with Crippen LogP contribution in [0.15, 0.2) is 60.7 Å². The lowest BCUT2D eigenvalue weighted by Gasteiger charge is -2.44. The molecule has 2 aliphatic rings. The Balaban J connectivity index is 1.26. The number of benzene rings is 2. The number of hydrogen-bond acceptors (Lipinski definition) is 3. The van der Waals surface area contributed by atoms with Gasteiger partial charge in [-0.25, -0.2) is 0 Å². The second-order valence-electron chi connectivity index (χ2n) is 7.31. The summed E-state index contributed by atoms with van der Waals surface area (Å²) in [7, 11) is 0. The zero-order valence-electron chi connectivity index (χ0n) is 14.7. The molecule has 2 nitrogen and oxygen atoms in total. The van der Waals surface area contributed by atoms with Crippen molar-refractivity contribution in [3.8, 4) is 0 Å². The van der Waals surface area contributed by atoms with Crippen LogP contribution in [-0.4, -0.2) is 22.6 Å². The van der Waals surface area contributed by atoms with E-state index in [1.807, 2.05) is 0 Å². The highest BCUT2D eigenvalue weighted by Gasteiger charge is 2.38. The second-order valence-corrected chi connectivity index (χ2v) is 8.80. The predicted octanol–water partition coefficient (Wildman–Crippen LogP) is 4.36. The third-order valence-corrected chi connectivity index (χ3v) is 7.42. The summed E-state index contributed by atoms with van der Waals surface area (Å²) >= 11 is 2.23. The molecule has 3 heteroatoms. The van der Waals surface area contributed by atoms with E-state index in [-0.39, 0.29) is 0 Å². The summed E-state index contributed by atoms with van der Waals surface area (Å²) in [5, 5.41) is 9.23. The van der Waals surface area contributed by atoms with Gasteiger partial charge >= 0.3 is 0 Å². The summed E-state index contributed by atoms with van der Waals surface area (Å²) in [6.45, 7) is 2.01. The van der Waals surface area contributed by atoms with Crippen molar-refractivity contribution >= 4 is 11.8 Å². The summed E-state index contributed by atoms with van der Waals surface area (Å²) in [6.07, 6.45) is 5.30.